The zero-order chi connectivity index (χ0) is 18.8. The number of hydrogen-bond acceptors (Lipinski definition) is 3. The molecule has 0 bridgehead atoms. The lowest BCUT2D eigenvalue weighted by Gasteiger charge is -2.12. The number of nitrogens with zero attached hydrogens (tertiary/aromatic N) is 2. The number of hydrogen-bond donors (Lipinski definition) is 2. The maximum Gasteiger partial charge on any atom is 0.280 e. The number of nitrogens with two attached hydrogens (primary N) is 2. The summed E-state index contributed by atoms with van der Waals surface area (Å²) >= 11 is 0. The van der Waals surface area contributed by atoms with Crippen LogP contribution in [0.4, 0.5) is 8.78 Å². The quantitative estimate of drug-likeness (QED) is 0.554. The number of guanidine groups is 1. The van der Waals surface area contributed by atoms with Crippen LogP contribution in [-0.4, -0.2) is 24.0 Å². The molecule has 0 fully saturated rings. The lowest BCUT2D eigenvalue weighted by Crippen LogP contribution is -2.24. The van der Waals surface area contributed by atoms with Gasteiger partial charge >= 0.3 is 0 Å². The zero-order valence-electron chi connectivity index (χ0n) is 13.7. The predicted molar refractivity (Wildman–Crippen MR) is 93.8 cm³/mol. The number of halogens is 2. The summed E-state index contributed by atoms with van der Waals surface area (Å²) in [6.45, 7) is 0. The molecule has 132 valence electrons. The van der Waals surface area contributed by atoms with Gasteiger partial charge in [0.1, 0.15) is 17.4 Å². The highest BCUT2D eigenvalue weighted by atomic mass is 19.1. The van der Waals surface area contributed by atoms with Crippen LogP contribution in [-0.2, 0) is 0 Å². The lowest BCUT2D eigenvalue weighted by atomic mass is 10.00. The topological polar surface area (TPSA) is 104 Å². The van der Waals surface area contributed by atoms with E-state index in [2.05, 4.69) is 9.98 Å². The van der Waals surface area contributed by atoms with Gasteiger partial charge in [0.25, 0.3) is 5.91 Å². The number of amides is 1. The first kappa shape index (κ1) is 17.3. The van der Waals surface area contributed by atoms with Gasteiger partial charge in [-0.25, -0.2) is 8.78 Å². The van der Waals surface area contributed by atoms with Crippen molar-refractivity contribution < 1.29 is 18.3 Å². The molecule has 0 aliphatic heterocycles. The Hall–Kier alpha value is -3.55. The molecule has 0 aliphatic carbocycles. The van der Waals surface area contributed by atoms with Gasteiger partial charge in [0.2, 0.25) is 0 Å². The number of carbonyl (C=O) groups is 1. The van der Waals surface area contributed by atoms with E-state index in [9.17, 15) is 13.6 Å². The van der Waals surface area contributed by atoms with Crippen molar-refractivity contribution >= 4 is 22.6 Å². The molecule has 3 rings (SSSR count). The summed E-state index contributed by atoms with van der Waals surface area (Å²) in [6, 6.07) is 8.41. The Morgan fingerprint density at radius 2 is 1.88 bits per heavy atom. The number of aliphatic imine (C=N–C) groups is 1. The van der Waals surface area contributed by atoms with E-state index in [0.29, 0.717) is 0 Å². The van der Waals surface area contributed by atoms with Crippen molar-refractivity contribution in [3.63, 3.8) is 0 Å². The predicted octanol–water partition coefficient (Wildman–Crippen LogP) is 2.60. The smallest absolute Gasteiger partial charge is 0.280 e. The van der Waals surface area contributed by atoms with Crippen LogP contribution in [0.25, 0.3) is 22.0 Å². The Balaban J connectivity index is 2.32. The van der Waals surface area contributed by atoms with Crippen molar-refractivity contribution in [1.29, 1.82) is 0 Å². The van der Waals surface area contributed by atoms with Gasteiger partial charge in [0.15, 0.2) is 5.96 Å². The van der Waals surface area contributed by atoms with Crippen molar-refractivity contribution in [3.8, 4) is 17.0 Å². The number of benzene rings is 2. The molecule has 3 aromatic rings. The summed E-state index contributed by atoms with van der Waals surface area (Å²) in [5, 5.41) is 0.395. The van der Waals surface area contributed by atoms with Crippen LogP contribution in [0.3, 0.4) is 0 Å². The van der Waals surface area contributed by atoms with Crippen LogP contribution < -0.4 is 16.2 Å². The molecule has 2 aromatic carbocycles. The first-order valence-corrected chi connectivity index (χ1v) is 7.47. The molecule has 6 nitrogen and oxygen atoms in total. The molecule has 1 aromatic heterocycles. The van der Waals surface area contributed by atoms with Crippen molar-refractivity contribution in [2.45, 2.75) is 0 Å². The highest BCUT2D eigenvalue weighted by molar-refractivity contribution is 6.06. The second-order valence-electron chi connectivity index (χ2n) is 5.37. The van der Waals surface area contributed by atoms with Crippen LogP contribution in [0.2, 0.25) is 0 Å². The van der Waals surface area contributed by atoms with Gasteiger partial charge in [-0.3, -0.25) is 9.78 Å². The van der Waals surface area contributed by atoms with Crippen LogP contribution in [0.15, 0.2) is 47.6 Å². The van der Waals surface area contributed by atoms with E-state index < -0.39 is 23.5 Å². The van der Waals surface area contributed by atoms with Gasteiger partial charge in [-0.05, 0) is 24.3 Å². The van der Waals surface area contributed by atoms with E-state index in [1.54, 1.807) is 6.07 Å². The van der Waals surface area contributed by atoms with Gasteiger partial charge in [0.05, 0.1) is 24.6 Å². The second-order valence-corrected chi connectivity index (χ2v) is 5.37. The Morgan fingerprint density at radius 3 is 2.58 bits per heavy atom. The summed E-state index contributed by atoms with van der Waals surface area (Å²) in [7, 11) is 1.39. The van der Waals surface area contributed by atoms with Crippen molar-refractivity contribution in [1.82, 2.24) is 4.98 Å². The molecule has 0 unspecified atom stereocenters. The number of methoxy groups -OCH3 is 1. The number of fused-ring (bicyclic) bond motifs is 1. The SMILES string of the molecule is COc1cccc(F)c1-c1ncc(F)c2ccc(C(=O)N=C(N)N)cc12. The van der Waals surface area contributed by atoms with Gasteiger partial charge < -0.3 is 16.2 Å². The molecular weight excluding hydrogens is 342 g/mol. The normalized spacial score (nSPS) is 10.6. The molecule has 0 aliphatic rings. The molecule has 0 atom stereocenters. The minimum atomic E-state index is -0.706. The second kappa shape index (κ2) is 6.75. The lowest BCUT2D eigenvalue weighted by molar-refractivity contribution is 0.100. The fraction of sp³-hybridized carbons (Fsp3) is 0.0556. The number of carbonyl (C=O) groups excluding carboxylic acids is 1. The van der Waals surface area contributed by atoms with Crippen LogP contribution in [0, 0.1) is 11.6 Å². The summed E-state index contributed by atoms with van der Waals surface area (Å²) in [5.74, 6) is -2.08. The van der Waals surface area contributed by atoms with Gasteiger partial charge in [0, 0.05) is 16.3 Å². The summed E-state index contributed by atoms with van der Waals surface area (Å²) < 4.78 is 33.8. The van der Waals surface area contributed by atoms with Gasteiger partial charge in [-0.1, -0.05) is 12.1 Å². The van der Waals surface area contributed by atoms with Crippen LogP contribution in [0.1, 0.15) is 10.4 Å². The molecule has 4 N–H and O–H groups in total. The summed E-state index contributed by atoms with van der Waals surface area (Å²) in [4.78, 5) is 19.5. The number of aromatic nitrogens is 1. The molecule has 0 spiro atoms. The molecule has 0 saturated carbocycles. The third-order valence-electron chi connectivity index (χ3n) is 3.75. The largest absolute Gasteiger partial charge is 0.496 e. The van der Waals surface area contributed by atoms with E-state index in [4.69, 9.17) is 16.2 Å². The zero-order valence-corrected chi connectivity index (χ0v) is 13.7. The van der Waals surface area contributed by atoms with Crippen molar-refractivity contribution in [3.05, 3.63) is 59.8 Å². The molecule has 0 radical (unpaired) electrons. The third kappa shape index (κ3) is 3.04. The third-order valence-corrected chi connectivity index (χ3v) is 3.75. The van der Waals surface area contributed by atoms with Gasteiger partial charge in [-0.15, -0.1) is 0 Å². The molecule has 0 saturated heterocycles. The number of pyridine rings is 1. The Morgan fingerprint density at radius 1 is 1.12 bits per heavy atom. The van der Waals surface area contributed by atoms with Crippen LogP contribution in [0.5, 0.6) is 5.75 Å². The summed E-state index contributed by atoms with van der Waals surface area (Å²) in [6.07, 6.45) is 0.987. The molecule has 1 amide bonds. The number of rotatable bonds is 3. The van der Waals surface area contributed by atoms with E-state index in [0.717, 1.165) is 6.20 Å². The van der Waals surface area contributed by atoms with Crippen molar-refractivity contribution in [2.75, 3.05) is 7.11 Å². The van der Waals surface area contributed by atoms with E-state index in [1.165, 1.54) is 37.4 Å². The van der Waals surface area contributed by atoms with Crippen LogP contribution >= 0.6 is 0 Å². The van der Waals surface area contributed by atoms with Gasteiger partial charge in [-0.2, -0.15) is 4.99 Å². The highest BCUT2D eigenvalue weighted by Crippen LogP contribution is 2.36. The molecule has 1 heterocycles. The van der Waals surface area contributed by atoms with E-state index in [1.807, 2.05) is 0 Å². The monoisotopic (exact) mass is 356 g/mol. The Kier molecular flexibility index (Phi) is 4.49. The first-order valence-electron chi connectivity index (χ1n) is 7.47. The first-order chi connectivity index (χ1) is 12.4. The molecule has 8 heteroatoms. The highest BCUT2D eigenvalue weighted by Gasteiger charge is 2.18. The summed E-state index contributed by atoms with van der Waals surface area (Å²) in [5.41, 5.74) is 10.7. The minimum absolute atomic E-state index is 0.0615. The van der Waals surface area contributed by atoms with E-state index in [-0.39, 0.29) is 33.3 Å². The van der Waals surface area contributed by atoms with Crippen molar-refractivity contribution in [2.24, 2.45) is 16.5 Å². The van der Waals surface area contributed by atoms with E-state index >= 15 is 0 Å². The Bertz CT molecular complexity index is 1050. The fourth-order valence-corrected chi connectivity index (χ4v) is 2.63. The standard InChI is InChI=1S/C18H14F2N4O2/c1-26-14-4-2-3-12(19)15(14)16-11-7-9(17(25)24-18(21)22)5-6-10(11)13(20)8-23-16/h2-8H,1H3,(H4,21,22,24,25). The maximum atomic E-state index is 14.4. The molecular formula is C18H14F2N4O2. The average Bonchev–Trinajstić information content (AvgIpc) is 2.61. The fourth-order valence-electron chi connectivity index (χ4n) is 2.63. The number of ether oxygens (including phenoxy) is 1. The maximum absolute atomic E-state index is 14.4. The molecule has 26 heavy (non-hydrogen) atoms. The Labute approximate surface area is 147 Å². The average molecular weight is 356 g/mol. The minimum Gasteiger partial charge on any atom is -0.496 e.